The number of nitrogens with zero attached hydrogens (tertiary/aromatic N) is 2. The Hall–Kier alpha value is -3.32. The van der Waals surface area contributed by atoms with Crippen LogP contribution in [0.5, 0.6) is 0 Å². The minimum absolute atomic E-state index is 0.167. The van der Waals surface area contributed by atoms with E-state index in [1.54, 1.807) is 30.7 Å². The normalized spacial score (nSPS) is 11.0. The fourth-order valence-corrected chi connectivity index (χ4v) is 4.13. The van der Waals surface area contributed by atoms with E-state index < -0.39 is 0 Å². The largest absolute Gasteiger partial charge is 0.347 e. The van der Waals surface area contributed by atoms with Crippen molar-refractivity contribution in [1.29, 1.82) is 0 Å². The van der Waals surface area contributed by atoms with E-state index in [2.05, 4.69) is 10.3 Å². The van der Waals surface area contributed by atoms with Crippen molar-refractivity contribution < 1.29 is 9.18 Å². The molecular weight excluding hydrogens is 389 g/mol. The van der Waals surface area contributed by atoms with E-state index in [0.717, 1.165) is 21.5 Å². The van der Waals surface area contributed by atoms with E-state index in [-0.39, 0.29) is 17.3 Å². The Bertz CT molecular complexity index is 1230. The number of halogens is 1. The Morgan fingerprint density at radius 2 is 1.86 bits per heavy atom. The van der Waals surface area contributed by atoms with Crippen molar-refractivity contribution in [2.75, 3.05) is 0 Å². The molecule has 0 aliphatic heterocycles. The zero-order valence-electron chi connectivity index (χ0n) is 15.7. The van der Waals surface area contributed by atoms with Crippen molar-refractivity contribution in [2.24, 2.45) is 0 Å². The zero-order chi connectivity index (χ0) is 20.4. The van der Waals surface area contributed by atoms with Gasteiger partial charge in [-0.05, 0) is 53.9 Å². The second kappa shape index (κ2) is 7.97. The molecule has 1 aromatic carbocycles. The molecule has 29 heavy (non-hydrogen) atoms. The highest BCUT2D eigenvalue weighted by Gasteiger charge is 2.15. The summed E-state index contributed by atoms with van der Waals surface area (Å²) < 4.78 is 14.6. The highest BCUT2D eigenvalue weighted by Crippen LogP contribution is 2.22. The smallest absolute Gasteiger partial charge is 0.263 e. The van der Waals surface area contributed by atoms with Crippen LogP contribution in [0.25, 0.3) is 4.83 Å². The number of aryl methyl sites for hydroxylation is 1. The Labute approximate surface area is 170 Å². The monoisotopic (exact) mass is 407 g/mol. The van der Waals surface area contributed by atoms with Gasteiger partial charge in [0.2, 0.25) is 0 Å². The molecule has 0 bridgehead atoms. The Morgan fingerprint density at radius 1 is 1.14 bits per heavy atom. The van der Waals surface area contributed by atoms with E-state index in [1.807, 2.05) is 25.1 Å². The van der Waals surface area contributed by atoms with Crippen LogP contribution in [0, 0.1) is 12.7 Å². The average molecular weight is 407 g/mol. The van der Waals surface area contributed by atoms with Gasteiger partial charge in [0.05, 0.1) is 0 Å². The van der Waals surface area contributed by atoms with Gasteiger partial charge in [-0.1, -0.05) is 12.1 Å². The summed E-state index contributed by atoms with van der Waals surface area (Å²) in [5.41, 5.74) is 3.16. The van der Waals surface area contributed by atoms with Gasteiger partial charge in [0.1, 0.15) is 15.5 Å². The number of hydrogen-bond donors (Lipinski definition) is 1. The molecule has 7 heteroatoms. The molecule has 0 saturated carbocycles. The molecule has 5 nitrogen and oxygen atoms in total. The number of amides is 1. The van der Waals surface area contributed by atoms with Gasteiger partial charge in [0.25, 0.3) is 11.5 Å². The van der Waals surface area contributed by atoms with Crippen molar-refractivity contribution in [2.45, 2.75) is 19.9 Å². The Balaban J connectivity index is 1.60. The molecule has 0 saturated heterocycles. The number of hydrogen-bond acceptors (Lipinski definition) is 4. The van der Waals surface area contributed by atoms with Gasteiger partial charge in [-0.15, -0.1) is 11.3 Å². The van der Waals surface area contributed by atoms with Crippen LogP contribution in [-0.4, -0.2) is 15.3 Å². The number of rotatable bonds is 5. The molecule has 4 rings (SSSR count). The summed E-state index contributed by atoms with van der Waals surface area (Å²) >= 11 is 1.29. The van der Waals surface area contributed by atoms with Crippen LogP contribution in [0.1, 0.15) is 31.9 Å². The molecule has 0 fully saturated rings. The predicted molar refractivity (Wildman–Crippen MR) is 111 cm³/mol. The molecule has 146 valence electrons. The number of carbonyl (C=O) groups is 1. The number of aromatic nitrogens is 2. The van der Waals surface area contributed by atoms with Crippen LogP contribution in [0.3, 0.4) is 0 Å². The van der Waals surface area contributed by atoms with Crippen molar-refractivity contribution >= 4 is 22.1 Å². The molecular formula is C22H18FN3O2S. The van der Waals surface area contributed by atoms with Gasteiger partial charge in [0.15, 0.2) is 0 Å². The molecule has 1 amide bonds. The number of fused-ring (bicyclic) bond motifs is 1. The van der Waals surface area contributed by atoms with Gasteiger partial charge in [-0.25, -0.2) is 4.39 Å². The third kappa shape index (κ3) is 4.09. The first kappa shape index (κ1) is 19.0. The van der Waals surface area contributed by atoms with Crippen LogP contribution in [0.4, 0.5) is 4.39 Å². The first-order valence-electron chi connectivity index (χ1n) is 9.07. The first-order valence-corrected chi connectivity index (χ1v) is 9.89. The number of carbonyl (C=O) groups excluding carboxylic acids is 1. The third-order valence-corrected chi connectivity index (χ3v) is 5.85. The third-order valence-electron chi connectivity index (χ3n) is 4.63. The minimum Gasteiger partial charge on any atom is -0.347 e. The fraction of sp³-hybridized carbons (Fsp3) is 0.136. The molecule has 0 atom stereocenters. The van der Waals surface area contributed by atoms with Crippen molar-refractivity contribution in [3.05, 3.63) is 104 Å². The molecule has 0 radical (unpaired) electrons. The molecule has 3 heterocycles. The van der Waals surface area contributed by atoms with E-state index in [4.69, 9.17) is 0 Å². The SMILES string of the molecule is Cc1cc(Cc2ccc(F)cc2)c(=O)n2cc(C(=O)NCc3ccncc3)sc12. The van der Waals surface area contributed by atoms with Gasteiger partial charge < -0.3 is 5.32 Å². The molecule has 0 aliphatic rings. The summed E-state index contributed by atoms with van der Waals surface area (Å²) in [5.74, 6) is -0.535. The number of benzene rings is 1. The molecule has 0 spiro atoms. The van der Waals surface area contributed by atoms with Crippen LogP contribution in [0.2, 0.25) is 0 Å². The summed E-state index contributed by atoms with van der Waals surface area (Å²) in [4.78, 5) is 30.6. The average Bonchev–Trinajstić information content (AvgIpc) is 3.19. The maximum atomic E-state index is 13.1. The number of thiazole rings is 1. The second-order valence-corrected chi connectivity index (χ2v) is 7.80. The Kier molecular flexibility index (Phi) is 5.22. The molecule has 0 unspecified atom stereocenters. The lowest BCUT2D eigenvalue weighted by molar-refractivity contribution is 0.0954. The number of nitrogens with one attached hydrogen (secondary N) is 1. The topological polar surface area (TPSA) is 63.5 Å². The first-order chi connectivity index (χ1) is 14.0. The van der Waals surface area contributed by atoms with Crippen LogP contribution in [0.15, 0.2) is 65.8 Å². The lowest BCUT2D eigenvalue weighted by Crippen LogP contribution is -2.22. The highest BCUT2D eigenvalue weighted by atomic mass is 32.1. The summed E-state index contributed by atoms with van der Waals surface area (Å²) in [6, 6.07) is 11.6. The molecule has 0 aliphatic carbocycles. The van der Waals surface area contributed by atoms with Gasteiger partial charge in [0, 0.05) is 37.1 Å². The van der Waals surface area contributed by atoms with E-state index in [1.165, 1.54) is 27.9 Å². The lowest BCUT2D eigenvalue weighted by atomic mass is 10.1. The summed E-state index contributed by atoms with van der Waals surface area (Å²) in [5, 5.41) is 2.87. The van der Waals surface area contributed by atoms with Crippen LogP contribution < -0.4 is 10.9 Å². The fourth-order valence-electron chi connectivity index (χ4n) is 3.14. The maximum absolute atomic E-state index is 13.1. The van der Waals surface area contributed by atoms with Gasteiger partial charge in [-0.2, -0.15) is 0 Å². The zero-order valence-corrected chi connectivity index (χ0v) is 16.5. The van der Waals surface area contributed by atoms with Crippen molar-refractivity contribution in [3.63, 3.8) is 0 Å². The lowest BCUT2D eigenvalue weighted by Gasteiger charge is -2.05. The van der Waals surface area contributed by atoms with Crippen LogP contribution >= 0.6 is 11.3 Å². The molecule has 3 aromatic heterocycles. The van der Waals surface area contributed by atoms with Gasteiger partial charge in [-0.3, -0.25) is 19.0 Å². The Morgan fingerprint density at radius 3 is 2.59 bits per heavy atom. The summed E-state index contributed by atoms with van der Waals surface area (Å²) in [6.45, 7) is 2.30. The van der Waals surface area contributed by atoms with Crippen LogP contribution in [-0.2, 0) is 13.0 Å². The quantitative estimate of drug-likeness (QED) is 0.548. The maximum Gasteiger partial charge on any atom is 0.263 e. The van der Waals surface area contributed by atoms with E-state index >= 15 is 0 Å². The number of pyridine rings is 2. The second-order valence-electron chi connectivity index (χ2n) is 6.77. The van der Waals surface area contributed by atoms with Gasteiger partial charge >= 0.3 is 0 Å². The van der Waals surface area contributed by atoms with E-state index in [0.29, 0.717) is 23.4 Å². The van der Waals surface area contributed by atoms with E-state index in [9.17, 15) is 14.0 Å². The minimum atomic E-state index is -0.308. The molecule has 1 N–H and O–H groups in total. The van der Waals surface area contributed by atoms with Crippen molar-refractivity contribution in [3.8, 4) is 0 Å². The standard InChI is InChI=1S/C22H18FN3O2S/c1-14-10-17(11-15-2-4-18(23)5-3-15)21(28)26-13-19(29-22(14)26)20(27)25-12-16-6-8-24-9-7-16/h2-10,13H,11-12H2,1H3,(H,25,27). The highest BCUT2D eigenvalue weighted by molar-refractivity contribution is 7.19. The molecule has 4 aromatic rings. The summed E-state index contributed by atoms with van der Waals surface area (Å²) in [6.07, 6.45) is 5.34. The van der Waals surface area contributed by atoms with Crippen molar-refractivity contribution in [1.82, 2.24) is 14.7 Å². The predicted octanol–water partition coefficient (Wildman–Crippen LogP) is 3.72. The summed E-state index contributed by atoms with van der Waals surface area (Å²) in [7, 11) is 0.